The van der Waals surface area contributed by atoms with E-state index in [1.165, 1.54) is 6.92 Å². The molecule has 0 radical (unpaired) electrons. The van der Waals surface area contributed by atoms with Crippen LogP contribution in [0.5, 0.6) is 0 Å². The maximum Gasteiger partial charge on any atom is 0.313 e. The lowest BCUT2D eigenvalue weighted by molar-refractivity contribution is -0.152. The van der Waals surface area contributed by atoms with Crippen LogP contribution < -0.4 is 5.32 Å². The highest BCUT2D eigenvalue weighted by Crippen LogP contribution is 2.34. The fraction of sp³-hybridized carbons (Fsp3) is 0.300. The Balaban J connectivity index is 1.76. The van der Waals surface area contributed by atoms with Crippen molar-refractivity contribution in [2.45, 2.75) is 38.3 Å². The first-order valence-electron chi connectivity index (χ1n) is 8.16. The number of carbonyl (C=O) groups is 2. The summed E-state index contributed by atoms with van der Waals surface area (Å²) in [7, 11) is 0. The third kappa shape index (κ3) is 3.32. The molecule has 3 rings (SSSR count). The Morgan fingerprint density at radius 1 is 1.08 bits per heavy atom. The minimum atomic E-state index is -0.370. The van der Waals surface area contributed by atoms with Gasteiger partial charge in [-0.3, -0.25) is 9.59 Å². The predicted octanol–water partition coefficient (Wildman–Crippen LogP) is 3.14. The van der Waals surface area contributed by atoms with E-state index in [0.717, 1.165) is 16.7 Å². The first kappa shape index (κ1) is 16.2. The Bertz CT molecular complexity index is 742. The van der Waals surface area contributed by atoms with E-state index in [0.29, 0.717) is 6.42 Å². The molecule has 1 N–H and O–H groups in total. The molecule has 0 fully saturated rings. The van der Waals surface area contributed by atoms with Crippen LogP contribution in [-0.4, -0.2) is 18.0 Å². The van der Waals surface area contributed by atoms with E-state index < -0.39 is 0 Å². The minimum Gasteiger partial charge on any atom is -0.459 e. The lowest BCUT2D eigenvalue weighted by Crippen LogP contribution is -2.35. The van der Waals surface area contributed by atoms with E-state index in [1.54, 1.807) is 0 Å². The van der Waals surface area contributed by atoms with E-state index in [9.17, 15) is 9.59 Å². The summed E-state index contributed by atoms with van der Waals surface area (Å²) < 4.78 is 5.77. The van der Waals surface area contributed by atoms with Crippen molar-refractivity contribution in [3.05, 3.63) is 71.3 Å². The molecule has 0 aliphatic heterocycles. The first-order valence-corrected chi connectivity index (χ1v) is 8.16. The number of fused-ring (bicyclic) bond motifs is 1. The van der Waals surface area contributed by atoms with Crippen molar-refractivity contribution in [3.63, 3.8) is 0 Å². The number of hydrogen-bond donors (Lipinski definition) is 1. The van der Waals surface area contributed by atoms with E-state index in [1.807, 2.05) is 61.5 Å². The zero-order valence-electron chi connectivity index (χ0n) is 13.9. The molecule has 2 aromatic rings. The highest BCUT2D eigenvalue weighted by Gasteiger charge is 2.36. The van der Waals surface area contributed by atoms with Gasteiger partial charge in [-0.25, -0.2) is 0 Å². The van der Waals surface area contributed by atoms with E-state index in [-0.39, 0.29) is 29.9 Å². The molecule has 0 unspecified atom stereocenters. The van der Waals surface area contributed by atoms with Crippen LogP contribution in [0.1, 0.15) is 42.5 Å². The lowest BCUT2D eigenvalue weighted by atomic mass is 10.0. The second-order valence-corrected chi connectivity index (χ2v) is 6.19. The largest absolute Gasteiger partial charge is 0.459 e. The van der Waals surface area contributed by atoms with E-state index in [4.69, 9.17) is 4.74 Å². The van der Waals surface area contributed by atoms with Gasteiger partial charge >= 0.3 is 5.97 Å². The summed E-state index contributed by atoms with van der Waals surface area (Å²) in [5.74, 6) is -0.740. The van der Waals surface area contributed by atoms with Crippen molar-refractivity contribution in [1.82, 2.24) is 5.32 Å². The fourth-order valence-electron chi connectivity index (χ4n) is 3.19. The summed E-state index contributed by atoms with van der Waals surface area (Å²) in [5, 5.41) is 2.92. The Kier molecular flexibility index (Phi) is 4.65. The van der Waals surface area contributed by atoms with Gasteiger partial charge in [0.2, 0.25) is 5.91 Å². The normalized spacial score (nSPS) is 20.1. The van der Waals surface area contributed by atoms with Gasteiger partial charge < -0.3 is 10.1 Å². The highest BCUT2D eigenvalue weighted by molar-refractivity contribution is 5.78. The van der Waals surface area contributed by atoms with Crippen LogP contribution in [0.3, 0.4) is 0 Å². The van der Waals surface area contributed by atoms with Crippen molar-refractivity contribution in [2.75, 3.05) is 0 Å². The van der Waals surface area contributed by atoms with E-state index in [2.05, 4.69) is 5.32 Å². The van der Waals surface area contributed by atoms with Crippen LogP contribution in [0.4, 0.5) is 0 Å². The molecule has 0 heterocycles. The zero-order chi connectivity index (χ0) is 17.1. The number of carbonyl (C=O) groups excluding carboxylic acids is 2. The topological polar surface area (TPSA) is 55.4 Å². The second kappa shape index (κ2) is 6.87. The summed E-state index contributed by atoms with van der Waals surface area (Å²) in [6.07, 6.45) is 0.249. The Morgan fingerprint density at radius 3 is 2.46 bits per heavy atom. The molecule has 1 aliphatic rings. The summed E-state index contributed by atoms with van der Waals surface area (Å²) in [6, 6.07) is 17.2. The monoisotopic (exact) mass is 323 g/mol. The molecule has 0 spiro atoms. The standard InChI is InChI=1S/C20H21NO3/c1-13(15-8-4-3-5-9-15)20(23)24-18-12-16-10-6-7-11-17(16)19(18)21-14(2)22/h3-11,13,18-19H,12H2,1-2H3,(H,21,22)/t13-,18+,19-/m1/s1. The van der Waals surface area contributed by atoms with Crippen LogP contribution in [0.25, 0.3) is 0 Å². The number of amides is 1. The van der Waals surface area contributed by atoms with Gasteiger partial charge in [-0.05, 0) is 23.6 Å². The third-order valence-electron chi connectivity index (χ3n) is 4.46. The van der Waals surface area contributed by atoms with Gasteiger partial charge in [0.25, 0.3) is 0 Å². The molecule has 4 heteroatoms. The van der Waals surface area contributed by atoms with Crippen molar-refractivity contribution >= 4 is 11.9 Å². The van der Waals surface area contributed by atoms with Crippen LogP contribution in [0.2, 0.25) is 0 Å². The molecule has 24 heavy (non-hydrogen) atoms. The van der Waals surface area contributed by atoms with Crippen molar-refractivity contribution < 1.29 is 14.3 Å². The van der Waals surface area contributed by atoms with Gasteiger partial charge in [0.1, 0.15) is 6.10 Å². The van der Waals surface area contributed by atoms with Crippen molar-refractivity contribution in [2.24, 2.45) is 0 Å². The van der Waals surface area contributed by atoms with Crippen LogP contribution in [-0.2, 0) is 20.7 Å². The zero-order valence-corrected chi connectivity index (χ0v) is 13.9. The lowest BCUT2D eigenvalue weighted by Gasteiger charge is -2.23. The highest BCUT2D eigenvalue weighted by atomic mass is 16.5. The summed E-state index contributed by atoms with van der Waals surface area (Å²) in [5.41, 5.74) is 3.06. The van der Waals surface area contributed by atoms with Gasteiger partial charge in [0, 0.05) is 13.3 Å². The molecule has 124 valence electrons. The van der Waals surface area contributed by atoms with Gasteiger partial charge in [0.15, 0.2) is 0 Å². The maximum atomic E-state index is 12.5. The molecule has 0 saturated heterocycles. The van der Waals surface area contributed by atoms with Gasteiger partial charge in [0.05, 0.1) is 12.0 Å². The Morgan fingerprint density at radius 2 is 1.75 bits per heavy atom. The summed E-state index contributed by atoms with van der Waals surface area (Å²) in [6.45, 7) is 3.32. The molecule has 0 bridgehead atoms. The third-order valence-corrected chi connectivity index (χ3v) is 4.46. The summed E-state index contributed by atoms with van der Waals surface area (Å²) in [4.78, 5) is 24.1. The SMILES string of the molecule is CC(=O)N[C@@H]1c2ccccc2C[C@@H]1OC(=O)[C@H](C)c1ccccc1. The number of rotatable bonds is 4. The van der Waals surface area contributed by atoms with Gasteiger partial charge in [-0.1, -0.05) is 54.6 Å². The molecular formula is C20H21NO3. The molecular weight excluding hydrogens is 302 g/mol. The molecule has 0 aromatic heterocycles. The number of benzene rings is 2. The van der Waals surface area contributed by atoms with E-state index >= 15 is 0 Å². The van der Waals surface area contributed by atoms with Gasteiger partial charge in [-0.15, -0.1) is 0 Å². The summed E-state index contributed by atoms with van der Waals surface area (Å²) >= 11 is 0. The van der Waals surface area contributed by atoms with Crippen molar-refractivity contribution in [3.8, 4) is 0 Å². The number of esters is 1. The Hall–Kier alpha value is -2.62. The quantitative estimate of drug-likeness (QED) is 0.880. The average molecular weight is 323 g/mol. The molecule has 4 nitrogen and oxygen atoms in total. The predicted molar refractivity (Wildman–Crippen MR) is 91.4 cm³/mol. The smallest absolute Gasteiger partial charge is 0.313 e. The minimum absolute atomic E-state index is 0.131. The van der Waals surface area contributed by atoms with Crippen molar-refractivity contribution in [1.29, 1.82) is 0 Å². The second-order valence-electron chi connectivity index (χ2n) is 6.19. The molecule has 3 atom stereocenters. The number of nitrogens with one attached hydrogen (secondary N) is 1. The first-order chi connectivity index (χ1) is 11.6. The van der Waals surface area contributed by atoms with Crippen LogP contribution >= 0.6 is 0 Å². The van der Waals surface area contributed by atoms with Crippen LogP contribution in [0.15, 0.2) is 54.6 Å². The maximum absolute atomic E-state index is 12.5. The molecule has 1 amide bonds. The molecule has 2 aromatic carbocycles. The number of ether oxygens (including phenoxy) is 1. The Labute approximate surface area is 141 Å². The van der Waals surface area contributed by atoms with Gasteiger partial charge in [-0.2, -0.15) is 0 Å². The molecule has 0 saturated carbocycles. The number of hydrogen-bond acceptors (Lipinski definition) is 3. The molecule has 1 aliphatic carbocycles. The van der Waals surface area contributed by atoms with Crippen LogP contribution in [0, 0.1) is 0 Å². The fourth-order valence-corrected chi connectivity index (χ4v) is 3.19. The average Bonchev–Trinajstić information content (AvgIpc) is 2.92.